The number of amides is 2. The summed E-state index contributed by atoms with van der Waals surface area (Å²) in [5.41, 5.74) is 1.88. The third-order valence-electron chi connectivity index (χ3n) is 5.47. The van der Waals surface area contributed by atoms with Crippen LogP contribution >= 0.6 is 43.5 Å². The lowest BCUT2D eigenvalue weighted by Crippen LogP contribution is -2.52. The van der Waals surface area contributed by atoms with Crippen LogP contribution in [0.15, 0.2) is 81.7 Å². The number of carbonyl (C=O) groups is 2. The van der Waals surface area contributed by atoms with Gasteiger partial charge < -0.3 is 15.0 Å². The van der Waals surface area contributed by atoms with E-state index in [0.717, 1.165) is 15.6 Å². The molecule has 36 heavy (non-hydrogen) atoms. The van der Waals surface area contributed by atoms with Crippen LogP contribution in [0.1, 0.15) is 25.0 Å². The standard InChI is InChI=1S/C28H29Br2ClN2O3/c1-19(2)16-32-28(35)25(14-20-6-4-3-5-7-20)33(17-21-8-10-22(29)11-9-21)27(34)18-36-26-13-12-23(31)15-24(26)30/h3-13,15,19,25H,14,16-18H2,1-2H3,(H,32,35). The lowest BCUT2D eigenvalue weighted by Gasteiger charge is -2.31. The number of halogens is 3. The fraction of sp³-hybridized carbons (Fsp3) is 0.286. The number of nitrogens with zero attached hydrogens (tertiary/aromatic N) is 1. The van der Waals surface area contributed by atoms with Crippen molar-refractivity contribution < 1.29 is 14.3 Å². The van der Waals surface area contributed by atoms with Crippen LogP contribution in [0.2, 0.25) is 5.02 Å². The molecule has 3 aromatic rings. The summed E-state index contributed by atoms with van der Waals surface area (Å²) in [6, 6.07) is 21.8. The van der Waals surface area contributed by atoms with Crippen molar-refractivity contribution in [1.29, 1.82) is 0 Å². The van der Waals surface area contributed by atoms with Crippen molar-refractivity contribution in [2.75, 3.05) is 13.2 Å². The normalized spacial score (nSPS) is 11.7. The Balaban J connectivity index is 1.90. The molecule has 3 rings (SSSR count). The number of carbonyl (C=O) groups excluding carboxylic acids is 2. The topological polar surface area (TPSA) is 58.6 Å². The number of rotatable bonds is 11. The molecule has 0 aliphatic rings. The molecule has 0 aliphatic heterocycles. The highest BCUT2D eigenvalue weighted by Crippen LogP contribution is 2.28. The average molecular weight is 637 g/mol. The highest BCUT2D eigenvalue weighted by Gasteiger charge is 2.30. The SMILES string of the molecule is CC(C)CNC(=O)C(Cc1ccccc1)N(Cc1ccc(Br)cc1)C(=O)COc1ccc(Cl)cc1Br. The molecule has 0 aliphatic carbocycles. The molecule has 5 nitrogen and oxygen atoms in total. The maximum Gasteiger partial charge on any atom is 0.261 e. The summed E-state index contributed by atoms with van der Waals surface area (Å²) < 4.78 is 7.42. The minimum Gasteiger partial charge on any atom is -0.483 e. The van der Waals surface area contributed by atoms with Crippen molar-refractivity contribution in [3.05, 3.63) is 97.9 Å². The minimum atomic E-state index is -0.709. The smallest absolute Gasteiger partial charge is 0.261 e. The van der Waals surface area contributed by atoms with E-state index in [1.165, 1.54) is 0 Å². The number of hydrogen-bond acceptors (Lipinski definition) is 3. The largest absolute Gasteiger partial charge is 0.483 e. The lowest BCUT2D eigenvalue weighted by atomic mass is 10.0. The Bertz CT molecular complexity index is 1160. The Morgan fingerprint density at radius 2 is 1.67 bits per heavy atom. The Morgan fingerprint density at radius 1 is 0.972 bits per heavy atom. The van der Waals surface area contributed by atoms with Gasteiger partial charge in [-0.2, -0.15) is 0 Å². The molecule has 3 aromatic carbocycles. The van der Waals surface area contributed by atoms with E-state index in [1.807, 2.05) is 68.4 Å². The van der Waals surface area contributed by atoms with Gasteiger partial charge in [-0.05, 0) is 63.3 Å². The molecule has 0 saturated heterocycles. The molecule has 0 aromatic heterocycles. The van der Waals surface area contributed by atoms with Crippen LogP contribution in [0.3, 0.4) is 0 Å². The monoisotopic (exact) mass is 634 g/mol. The van der Waals surface area contributed by atoms with Crippen molar-refractivity contribution in [3.63, 3.8) is 0 Å². The first-order chi connectivity index (χ1) is 17.2. The third kappa shape index (κ3) is 8.64. The van der Waals surface area contributed by atoms with Gasteiger partial charge in [-0.15, -0.1) is 0 Å². The number of hydrogen-bond donors (Lipinski definition) is 1. The van der Waals surface area contributed by atoms with E-state index in [-0.39, 0.29) is 30.9 Å². The quantitative estimate of drug-likeness (QED) is 0.256. The molecule has 0 saturated carbocycles. The van der Waals surface area contributed by atoms with Crippen LogP contribution < -0.4 is 10.1 Å². The van der Waals surface area contributed by atoms with Gasteiger partial charge in [-0.1, -0.05) is 83.8 Å². The van der Waals surface area contributed by atoms with Crippen LogP contribution in [0.25, 0.3) is 0 Å². The first kappa shape index (κ1) is 28.2. The fourth-order valence-corrected chi connectivity index (χ4v) is 4.64. The first-order valence-corrected chi connectivity index (χ1v) is 13.6. The number of benzene rings is 3. The van der Waals surface area contributed by atoms with Gasteiger partial charge >= 0.3 is 0 Å². The number of ether oxygens (including phenoxy) is 1. The second-order valence-corrected chi connectivity index (χ2v) is 11.1. The fourth-order valence-electron chi connectivity index (χ4n) is 3.58. The van der Waals surface area contributed by atoms with Crippen molar-refractivity contribution in [2.45, 2.75) is 32.9 Å². The summed E-state index contributed by atoms with van der Waals surface area (Å²) in [4.78, 5) is 28.7. The van der Waals surface area contributed by atoms with Gasteiger partial charge in [0.15, 0.2) is 6.61 Å². The molecular weight excluding hydrogens is 608 g/mol. The average Bonchev–Trinajstić information content (AvgIpc) is 2.85. The highest BCUT2D eigenvalue weighted by molar-refractivity contribution is 9.10. The molecular formula is C28H29Br2ClN2O3. The maximum absolute atomic E-state index is 13.6. The first-order valence-electron chi connectivity index (χ1n) is 11.7. The van der Waals surface area contributed by atoms with E-state index in [9.17, 15) is 9.59 Å². The van der Waals surface area contributed by atoms with Crippen LogP contribution in [0.5, 0.6) is 5.75 Å². The Hall–Kier alpha value is -2.35. The van der Waals surface area contributed by atoms with Crippen LogP contribution in [0, 0.1) is 5.92 Å². The van der Waals surface area contributed by atoms with E-state index in [4.69, 9.17) is 16.3 Å². The van der Waals surface area contributed by atoms with E-state index < -0.39 is 6.04 Å². The van der Waals surface area contributed by atoms with Gasteiger partial charge in [0.25, 0.3) is 5.91 Å². The Kier molecular flexibility index (Phi) is 10.8. The van der Waals surface area contributed by atoms with E-state index in [1.54, 1.807) is 23.1 Å². The molecule has 0 fully saturated rings. The van der Waals surface area contributed by atoms with Gasteiger partial charge in [0, 0.05) is 29.0 Å². The third-order valence-corrected chi connectivity index (χ3v) is 6.85. The zero-order valence-electron chi connectivity index (χ0n) is 20.2. The predicted molar refractivity (Wildman–Crippen MR) is 151 cm³/mol. The van der Waals surface area contributed by atoms with Gasteiger partial charge in [-0.25, -0.2) is 0 Å². The molecule has 0 spiro atoms. The van der Waals surface area contributed by atoms with Crippen molar-refractivity contribution in [2.24, 2.45) is 5.92 Å². The molecule has 1 unspecified atom stereocenters. The Labute approximate surface area is 234 Å². The van der Waals surface area contributed by atoms with Gasteiger partial charge in [0.05, 0.1) is 4.47 Å². The molecule has 0 bridgehead atoms. The molecule has 2 amide bonds. The van der Waals surface area contributed by atoms with Crippen LogP contribution in [-0.4, -0.2) is 35.9 Å². The van der Waals surface area contributed by atoms with E-state index >= 15 is 0 Å². The highest BCUT2D eigenvalue weighted by atomic mass is 79.9. The Morgan fingerprint density at radius 3 is 2.31 bits per heavy atom. The summed E-state index contributed by atoms with van der Waals surface area (Å²) in [7, 11) is 0. The predicted octanol–water partition coefficient (Wildman–Crippen LogP) is 6.66. The lowest BCUT2D eigenvalue weighted by molar-refractivity contribution is -0.142. The summed E-state index contributed by atoms with van der Waals surface area (Å²) >= 11 is 12.9. The summed E-state index contributed by atoms with van der Waals surface area (Å²) in [6.45, 7) is 4.64. The van der Waals surface area contributed by atoms with Crippen molar-refractivity contribution >= 4 is 55.3 Å². The zero-order chi connectivity index (χ0) is 26.1. The second kappa shape index (κ2) is 13.8. The van der Waals surface area contributed by atoms with Gasteiger partial charge in [0.2, 0.25) is 5.91 Å². The minimum absolute atomic E-state index is 0.189. The summed E-state index contributed by atoms with van der Waals surface area (Å²) in [5, 5.41) is 3.58. The zero-order valence-corrected chi connectivity index (χ0v) is 24.1. The van der Waals surface area contributed by atoms with E-state index in [0.29, 0.717) is 28.2 Å². The van der Waals surface area contributed by atoms with Crippen LogP contribution in [0.4, 0.5) is 0 Å². The molecule has 0 radical (unpaired) electrons. The molecule has 1 atom stereocenters. The summed E-state index contributed by atoms with van der Waals surface area (Å²) in [6.07, 6.45) is 0.387. The van der Waals surface area contributed by atoms with Crippen LogP contribution in [-0.2, 0) is 22.6 Å². The van der Waals surface area contributed by atoms with E-state index in [2.05, 4.69) is 37.2 Å². The van der Waals surface area contributed by atoms with Gasteiger partial charge in [-0.3, -0.25) is 9.59 Å². The molecule has 1 N–H and O–H groups in total. The molecule has 8 heteroatoms. The summed E-state index contributed by atoms with van der Waals surface area (Å²) in [5.74, 6) is 0.304. The molecule has 190 valence electrons. The number of nitrogens with one attached hydrogen (secondary N) is 1. The van der Waals surface area contributed by atoms with Crippen molar-refractivity contribution in [3.8, 4) is 5.75 Å². The van der Waals surface area contributed by atoms with Gasteiger partial charge in [0.1, 0.15) is 11.8 Å². The van der Waals surface area contributed by atoms with Crippen molar-refractivity contribution in [1.82, 2.24) is 10.2 Å². The second-order valence-electron chi connectivity index (χ2n) is 8.86. The maximum atomic E-state index is 13.6. The molecule has 0 heterocycles.